The van der Waals surface area contributed by atoms with Gasteiger partial charge in [0.2, 0.25) is 0 Å². The number of fused-ring (bicyclic) bond motifs is 4. The molecule has 7 nitrogen and oxygen atoms in total. The van der Waals surface area contributed by atoms with Gasteiger partial charge in [0.05, 0.1) is 30.2 Å². The maximum atomic E-state index is 13.8. The van der Waals surface area contributed by atoms with Crippen LogP contribution in [-0.2, 0) is 17.8 Å². The van der Waals surface area contributed by atoms with E-state index in [1.54, 1.807) is 4.57 Å². The number of ether oxygens (including phenoxy) is 1. The highest BCUT2D eigenvalue weighted by Gasteiger charge is 2.24. The summed E-state index contributed by atoms with van der Waals surface area (Å²) >= 11 is 6.03. The molecule has 0 radical (unpaired) electrons. The van der Waals surface area contributed by atoms with Crippen LogP contribution in [0.15, 0.2) is 53.3 Å². The van der Waals surface area contributed by atoms with Gasteiger partial charge in [-0.1, -0.05) is 35.9 Å². The maximum Gasteiger partial charge on any atom is 0.265 e. The second-order valence-electron chi connectivity index (χ2n) is 8.51. The van der Waals surface area contributed by atoms with Crippen LogP contribution in [0.2, 0.25) is 5.02 Å². The van der Waals surface area contributed by atoms with Crippen molar-refractivity contribution < 1.29 is 4.74 Å². The van der Waals surface area contributed by atoms with Gasteiger partial charge in [0.25, 0.3) is 5.56 Å². The van der Waals surface area contributed by atoms with Gasteiger partial charge in [-0.25, -0.2) is 15.0 Å². The third-order valence-electron chi connectivity index (χ3n) is 6.31. The molecular formula is C25H22ClN5O2. The molecular weight excluding hydrogens is 438 g/mol. The van der Waals surface area contributed by atoms with Crippen molar-refractivity contribution in [3.05, 3.63) is 75.3 Å². The number of aryl methyl sites for hydroxylation is 1. The maximum absolute atomic E-state index is 13.8. The smallest absolute Gasteiger partial charge is 0.265 e. The predicted octanol–water partition coefficient (Wildman–Crippen LogP) is 4.48. The lowest BCUT2D eigenvalue weighted by Crippen LogP contribution is -2.25. The van der Waals surface area contributed by atoms with Gasteiger partial charge in [-0.2, -0.15) is 0 Å². The van der Waals surface area contributed by atoms with E-state index in [0.29, 0.717) is 46.1 Å². The van der Waals surface area contributed by atoms with Crippen LogP contribution in [0.3, 0.4) is 0 Å². The highest BCUT2D eigenvalue weighted by molar-refractivity contribution is 6.30. The molecule has 1 unspecified atom stereocenters. The standard InChI is InChI=1S/C25H22ClN5O2/c1-15-27-23-21(25(32)30(15)13-16-8-10-17(26)11-9-16)22-24(31(23)14-18-5-4-12-33-18)29-20-7-3-2-6-19(20)28-22/h2-3,6-11,18H,4-5,12-14H2,1H3. The minimum atomic E-state index is -0.117. The molecule has 2 aromatic carbocycles. The molecule has 1 aliphatic rings. The first-order valence-corrected chi connectivity index (χ1v) is 11.5. The Hall–Kier alpha value is -3.29. The lowest BCUT2D eigenvalue weighted by molar-refractivity contribution is 0.0987. The van der Waals surface area contributed by atoms with Crippen molar-refractivity contribution in [2.24, 2.45) is 0 Å². The number of hydrogen-bond donors (Lipinski definition) is 0. The zero-order valence-corrected chi connectivity index (χ0v) is 18.9. The molecule has 0 aliphatic carbocycles. The molecule has 3 aromatic heterocycles. The Kier molecular flexibility index (Phi) is 4.89. The average molecular weight is 460 g/mol. The van der Waals surface area contributed by atoms with Crippen LogP contribution < -0.4 is 5.56 Å². The van der Waals surface area contributed by atoms with Gasteiger partial charge < -0.3 is 9.30 Å². The number of aromatic nitrogens is 5. The molecule has 166 valence electrons. The summed E-state index contributed by atoms with van der Waals surface area (Å²) in [6.07, 6.45) is 2.10. The molecule has 0 saturated carbocycles. The van der Waals surface area contributed by atoms with Crippen LogP contribution >= 0.6 is 11.6 Å². The van der Waals surface area contributed by atoms with E-state index in [1.165, 1.54) is 0 Å². The topological polar surface area (TPSA) is 74.8 Å². The second kappa shape index (κ2) is 7.93. The Morgan fingerprint density at radius 3 is 2.48 bits per heavy atom. The monoisotopic (exact) mass is 459 g/mol. The molecule has 33 heavy (non-hydrogen) atoms. The number of rotatable bonds is 4. The first kappa shape index (κ1) is 20.3. The van der Waals surface area contributed by atoms with E-state index in [1.807, 2.05) is 60.0 Å². The molecule has 0 spiro atoms. The Labute approximate surface area is 194 Å². The van der Waals surface area contributed by atoms with E-state index in [9.17, 15) is 4.79 Å². The van der Waals surface area contributed by atoms with Crippen molar-refractivity contribution in [1.29, 1.82) is 0 Å². The van der Waals surface area contributed by atoms with Crippen LogP contribution in [0.4, 0.5) is 0 Å². The predicted molar refractivity (Wildman–Crippen MR) is 129 cm³/mol. The fraction of sp³-hybridized carbons (Fsp3) is 0.280. The van der Waals surface area contributed by atoms with Crippen molar-refractivity contribution in [1.82, 2.24) is 24.1 Å². The molecule has 1 aliphatic heterocycles. The first-order valence-electron chi connectivity index (χ1n) is 11.1. The summed E-state index contributed by atoms with van der Waals surface area (Å²) in [5, 5.41) is 1.16. The molecule has 5 aromatic rings. The molecule has 6 rings (SSSR count). The quantitative estimate of drug-likeness (QED) is 0.396. The molecule has 0 bridgehead atoms. The molecule has 1 saturated heterocycles. The van der Waals surface area contributed by atoms with Crippen LogP contribution in [-0.4, -0.2) is 36.8 Å². The summed E-state index contributed by atoms with van der Waals surface area (Å²) in [5.41, 5.74) is 4.28. The van der Waals surface area contributed by atoms with Gasteiger partial charge in [0, 0.05) is 11.6 Å². The zero-order chi connectivity index (χ0) is 22.5. The number of hydrogen-bond acceptors (Lipinski definition) is 5. The molecule has 8 heteroatoms. The van der Waals surface area contributed by atoms with E-state index in [-0.39, 0.29) is 11.7 Å². The summed E-state index contributed by atoms with van der Waals surface area (Å²) in [4.78, 5) is 28.4. The normalized spacial score (nSPS) is 16.4. The van der Waals surface area contributed by atoms with Crippen molar-refractivity contribution >= 4 is 44.8 Å². The van der Waals surface area contributed by atoms with Crippen LogP contribution in [0.1, 0.15) is 24.2 Å². The molecule has 1 atom stereocenters. The Bertz CT molecular complexity index is 1570. The Morgan fingerprint density at radius 1 is 1.00 bits per heavy atom. The Balaban J connectivity index is 1.61. The molecule has 1 fully saturated rings. The summed E-state index contributed by atoms with van der Waals surface area (Å²) in [7, 11) is 0. The molecule has 4 heterocycles. The van der Waals surface area contributed by atoms with Crippen LogP contribution in [0.25, 0.3) is 33.2 Å². The van der Waals surface area contributed by atoms with Crippen molar-refractivity contribution in [2.45, 2.75) is 39.0 Å². The Morgan fingerprint density at radius 2 is 1.76 bits per heavy atom. The van der Waals surface area contributed by atoms with Gasteiger partial charge in [0.15, 0.2) is 11.3 Å². The average Bonchev–Trinajstić information content (AvgIpc) is 3.43. The highest BCUT2D eigenvalue weighted by Crippen LogP contribution is 2.27. The lowest BCUT2D eigenvalue weighted by Gasteiger charge is -2.13. The first-order chi connectivity index (χ1) is 16.1. The minimum Gasteiger partial charge on any atom is -0.376 e. The van der Waals surface area contributed by atoms with Gasteiger partial charge in [-0.05, 0) is 49.6 Å². The third kappa shape index (κ3) is 3.48. The minimum absolute atomic E-state index is 0.0793. The van der Waals surface area contributed by atoms with Gasteiger partial charge in [-0.15, -0.1) is 0 Å². The van der Waals surface area contributed by atoms with E-state index < -0.39 is 0 Å². The van der Waals surface area contributed by atoms with Crippen molar-refractivity contribution in [2.75, 3.05) is 6.61 Å². The second-order valence-corrected chi connectivity index (χ2v) is 8.94. The van der Waals surface area contributed by atoms with Gasteiger partial charge >= 0.3 is 0 Å². The van der Waals surface area contributed by atoms with E-state index in [4.69, 9.17) is 31.3 Å². The van der Waals surface area contributed by atoms with E-state index in [2.05, 4.69) is 0 Å². The largest absolute Gasteiger partial charge is 0.376 e. The number of halogens is 1. The van der Waals surface area contributed by atoms with Crippen LogP contribution in [0.5, 0.6) is 0 Å². The summed E-state index contributed by atoms with van der Waals surface area (Å²) in [5.74, 6) is 0.642. The summed E-state index contributed by atoms with van der Waals surface area (Å²) in [6.45, 7) is 3.63. The number of nitrogens with zero attached hydrogens (tertiary/aromatic N) is 5. The summed E-state index contributed by atoms with van der Waals surface area (Å²) < 4.78 is 9.60. The fourth-order valence-corrected chi connectivity index (χ4v) is 4.75. The molecule has 0 N–H and O–H groups in total. The van der Waals surface area contributed by atoms with Crippen LogP contribution in [0, 0.1) is 6.92 Å². The van der Waals surface area contributed by atoms with E-state index >= 15 is 0 Å². The van der Waals surface area contributed by atoms with E-state index in [0.717, 1.165) is 36.0 Å². The van der Waals surface area contributed by atoms with Gasteiger partial charge in [-0.3, -0.25) is 9.36 Å². The third-order valence-corrected chi connectivity index (χ3v) is 6.56. The fourth-order valence-electron chi connectivity index (χ4n) is 4.62. The van der Waals surface area contributed by atoms with Gasteiger partial charge in [0.1, 0.15) is 16.7 Å². The van der Waals surface area contributed by atoms with Crippen molar-refractivity contribution in [3.8, 4) is 0 Å². The SMILES string of the molecule is Cc1nc2c(c(=O)n1Cc1ccc(Cl)cc1)c1nc3ccccc3nc1n2CC1CCCO1. The lowest BCUT2D eigenvalue weighted by atomic mass is 10.2. The molecule has 0 amide bonds. The van der Waals surface area contributed by atoms with Crippen molar-refractivity contribution in [3.63, 3.8) is 0 Å². The summed E-state index contributed by atoms with van der Waals surface area (Å²) in [6, 6.07) is 15.2. The zero-order valence-electron chi connectivity index (χ0n) is 18.2. The number of benzene rings is 2. The highest BCUT2D eigenvalue weighted by atomic mass is 35.5. The number of para-hydroxylation sites is 2.